The Balaban J connectivity index is 1.05. The second kappa shape index (κ2) is 16.1. The van der Waals surface area contributed by atoms with Crippen molar-refractivity contribution in [3.63, 3.8) is 0 Å². The summed E-state index contributed by atoms with van der Waals surface area (Å²) >= 11 is 0. The fourth-order valence-corrected chi connectivity index (χ4v) is 10.3. The number of rotatable bonds is 7. The van der Waals surface area contributed by atoms with E-state index in [2.05, 4.69) is 155 Å². The Morgan fingerprint density at radius 1 is 0.324 bits per heavy atom. The van der Waals surface area contributed by atoms with E-state index in [0.29, 0.717) is 23.2 Å². The minimum Gasteiger partial charge on any atom is -0.456 e. The van der Waals surface area contributed by atoms with Crippen molar-refractivity contribution in [1.29, 1.82) is 0 Å². The molecule has 7 heteroatoms. The molecule has 0 atom stereocenters. The Labute approximate surface area is 407 Å². The summed E-state index contributed by atoms with van der Waals surface area (Å²) in [6.45, 7) is 8.02. The second-order valence-corrected chi connectivity index (χ2v) is 17.8. The van der Waals surface area contributed by atoms with Gasteiger partial charge in [0.15, 0.2) is 23.2 Å². The monoisotopic (exact) mass is 907 g/mol. The number of nitrogens with zero attached hydrogens (tertiary/aromatic N) is 5. The van der Waals surface area contributed by atoms with E-state index in [1.165, 1.54) is 0 Å². The van der Waals surface area contributed by atoms with Gasteiger partial charge in [-0.25, -0.2) is 19.8 Å². The Bertz CT molecular complexity index is 4280. The Morgan fingerprint density at radius 3 is 1.30 bits per heavy atom. The van der Waals surface area contributed by atoms with E-state index in [9.17, 15) is 0 Å². The lowest BCUT2D eigenvalue weighted by molar-refractivity contribution is 0.668. The molecule has 0 bridgehead atoms. The summed E-state index contributed by atoms with van der Waals surface area (Å²) in [5, 5.41) is 6.22. The molecule has 0 saturated heterocycles. The maximum absolute atomic E-state index is 8.02. The van der Waals surface area contributed by atoms with E-state index in [0.717, 1.165) is 121 Å². The molecule has 0 unspecified atom stereocenters. The van der Waals surface area contributed by atoms with Gasteiger partial charge in [-0.15, -0.1) is 0 Å². The lowest BCUT2D eigenvalue weighted by Crippen LogP contribution is -2.04. The van der Waals surface area contributed by atoms with Crippen LogP contribution in [-0.4, -0.2) is 19.5 Å². The first-order valence-corrected chi connectivity index (χ1v) is 23.5. The van der Waals surface area contributed by atoms with Crippen molar-refractivity contribution in [2.45, 2.75) is 0 Å². The van der Waals surface area contributed by atoms with Crippen molar-refractivity contribution < 1.29 is 8.83 Å². The van der Waals surface area contributed by atoms with Gasteiger partial charge < -0.3 is 13.4 Å². The number of benzene rings is 10. The molecule has 71 heavy (non-hydrogen) atoms. The number of aromatic nitrogens is 4. The summed E-state index contributed by atoms with van der Waals surface area (Å²) in [7, 11) is 0. The lowest BCUT2D eigenvalue weighted by Gasteiger charge is -2.21. The molecular weight excluding hydrogens is 871 g/mol. The van der Waals surface area contributed by atoms with E-state index in [1.807, 2.05) is 78.9 Å². The molecule has 0 radical (unpaired) electrons. The van der Waals surface area contributed by atoms with Crippen LogP contribution in [0.3, 0.4) is 0 Å². The summed E-state index contributed by atoms with van der Waals surface area (Å²) in [5.41, 5.74) is 15.4. The van der Waals surface area contributed by atoms with Gasteiger partial charge in [0.2, 0.25) is 0 Å². The molecule has 0 fully saturated rings. The first-order chi connectivity index (χ1) is 35.1. The quantitative estimate of drug-likeness (QED) is 0.149. The van der Waals surface area contributed by atoms with Crippen LogP contribution >= 0.6 is 0 Å². The van der Waals surface area contributed by atoms with Crippen LogP contribution in [0.15, 0.2) is 233 Å². The third-order valence-corrected chi connectivity index (χ3v) is 13.7. The zero-order chi connectivity index (χ0) is 47.0. The van der Waals surface area contributed by atoms with Gasteiger partial charge in [-0.2, -0.15) is 0 Å². The van der Waals surface area contributed by atoms with Crippen molar-refractivity contribution in [1.82, 2.24) is 19.5 Å². The highest BCUT2D eigenvalue weighted by atomic mass is 16.3. The zero-order valence-corrected chi connectivity index (χ0v) is 37.9. The minimum absolute atomic E-state index is 0.510. The predicted octanol–water partition coefficient (Wildman–Crippen LogP) is 17.3. The first-order valence-electron chi connectivity index (χ1n) is 23.5. The fourth-order valence-electron chi connectivity index (χ4n) is 10.3. The standard InChI is InChI=1S/C64H37N5O2/c1-65-46-28-32-56-54(38-46)53-33-42(39-15-5-2-6-16-39)27-31-55(53)69(56)61-51(40-17-7-3-8-18-40)34-45(35-52(61)41-19-9-4-10-20-41)64-67-62(43-25-29-49-47-21-11-13-23-57(47)70-59(49)36-43)66-63(68-64)44-26-30-50-48-22-12-14-24-58(48)71-60(50)37-44/h2-38H. The highest BCUT2D eigenvalue weighted by Crippen LogP contribution is 2.45. The molecule has 10 aromatic carbocycles. The van der Waals surface area contributed by atoms with Gasteiger partial charge >= 0.3 is 0 Å². The molecule has 0 N–H and O–H groups in total. The molecule has 0 amide bonds. The van der Waals surface area contributed by atoms with Crippen LogP contribution in [0.1, 0.15) is 0 Å². The summed E-state index contributed by atoms with van der Waals surface area (Å²) in [6.07, 6.45) is 0. The smallest absolute Gasteiger partial charge is 0.188 e. The molecule has 14 rings (SSSR count). The van der Waals surface area contributed by atoms with Crippen molar-refractivity contribution in [2.75, 3.05) is 0 Å². The highest BCUT2D eigenvalue weighted by Gasteiger charge is 2.24. The highest BCUT2D eigenvalue weighted by molar-refractivity contribution is 6.13. The summed E-state index contributed by atoms with van der Waals surface area (Å²) < 4.78 is 15.2. The molecule has 0 saturated carbocycles. The van der Waals surface area contributed by atoms with Crippen molar-refractivity contribution in [3.8, 4) is 73.2 Å². The minimum atomic E-state index is 0.510. The van der Waals surface area contributed by atoms with Gasteiger partial charge in [-0.05, 0) is 100 Å². The number of fused-ring (bicyclic) bond motifs is 9. The van der Waals surface area contributed by atoms with E-state index in [4.69, 9.17) is 30.4 Å². The van der Waals surface area contributed by atoms with Crippen LogP contribution in [0, 0.1) is 6.57 Å². The molecule has 4 heterocycles. The maximum atomic E-state index is 8.02. The van der Waals surface area contributed by atoms with E-state index in [-0.39, 0.29) is 0 Å². The molecule has 0 aliphatic rings. The second-order valence-electron chi connectivity index (χ2n) is 17.8. The zero-order valence-electron chi connectivity index (χ0n) is 37.9. The normalized spacial score (nSPS) is 11.6. The average Bonchev–Trinajstić information content (AvgIpc) is 4.11. The maximum Gasteiger partial charge on any atom is 0.188 e. The largest absolute Gasteiger partial charge is 0.456 e. The van der Waals surface area contributed by atoms with Crippen LogP contribution in [0.25, 0.3) is 144 Å². The van der Waals surface area contributed by atoms with Crippen molar-refractivity contribution in [2.24, 2.45) is 0 Å². The van der Waals surface area contributed by atoms with Gasteiger partial charge in [-0.1, -0.05) is 152 Å². The number of para-hydroxylation sites is 2. The van der Waals surface area contributed by atoms with Gasteiger partial charge in [0.1, 0.15) is 22.3 Å². The van der Waals surface area contributed by atoms with Crippen LogP contribution in [0.2, 0.25) is 0 Å². The topological polar surface area (TPSA) is 74.2 Å². The summed E-state index contributed by atoms with van der Waals surface area (Å²) in [5.74, 6) is 1.53. The van der Waals surface area contributed by atoms with Gasteiger partial charge in [0, 0.05) is 54.7 Å². The number of hydrogen-bond acceptors (Lipinski definition) is 5. The lowest BCUT2D eigenvalue weighted by atomic mass is 9.92. The SMILES string of the molecule is [C-]#[N+]c1ccc2c(c1)c1cc(-c3ccccc3)ccc1n2-c1c(-c2ccccc2)cc(-c2nc(-c3ccc4c(c3)oc3ccccc34)nc(-c3ccc4c(c3)oc3ccccc34)n2)cc1-c1ccccc1. The van der Waals surface area contributed by atoms with Gasteiger partial charge in [-0.3, -0.25) is 0 Å². The molecule has 0 aliphatic carbocycles. The molecule has 0 aliphatic heterocycles. The number of furan rings is 2. The van der Waals surface area contributed by atoms with Crippen molar-refractivity contribution in [3.05, 3.63) is 236 Å². The molecule has 7 nitrogen and oxygen atoms in total. The van der Waals surface area contributed by atoms with E-state index < -0.39 is 0 Å². The van der Waals surface area contributed by atoms with Gasteiger partial charge in [0.05, 0.1) is 23.3 Å². The van der Waals surface area contributed by atoms with Gasteiger partial charge in [0.25, 0.3) is 0 Å². The van der Waals surface area contributed by atoms with Crippen LogP contribution in [0.5, 0.6) is 0 Å². The van der Waals surface area contributed by atoms with E-state index >= 15 is 0 Å². The Kier molecular flexibility index (Phi) is 9.13. The Hall–Kier alpha value is -9.90. The number of hydrogen-bond donors (Lipinski definition) is 0. The van der Waals surface area contributed by atoms with Crippen molar-refractivity contribution >= 4 is 71.4 Å². The summed E-state index contributed by atoms with van der Waals surface area (Å²) in [4.78, 5) is 19.8. The van der Waals surface area contributed by atoms with Crippen LogP contribution in [0.4, 0.5) is 5.69 Å². The predicted molar refractivity (Wildman–Crippen MR) is 288 cm³/mol. The average molecular weight is 908 g/mol. The molecular formula is C64H37N5O2. The molecule has 0 spiro atoms. The van der Waals surface area contributed by atoms with Crippen LogP contribution in [-0.2, 0) is 0 Å². The fraction of sp³-hybridized carbons (Fsp3) is 0. The summed E-state index contributed by atoms with van der Waals surface area (Å²) in [6, 6.07) is 77.2. The third-order valence-electron chi connectivity index (χ3n) is 13.7. The van der Waals surface area contributed by atoms with Crippen LogP contribution < -0.4 is 0 Å². The first kappa shape index (κ1) is 40.2. The Morgan fingerprint density at radius 2 is 0.761 bits per heavy atom. The molecule has 4 aromatic heterocycles. The molecule has 330 valence electrons. The third kappa shape index (κ3) is 6.69. The molecule has 14 aromatic rings. The van der Waals surface area contributed by atoms with E-state index in [1.54, 1.807) is 0 Å².